The van der Waals surface area contributed by atoms with E-state index < -0.39 is 5.97 Å². The summed E-state index contributed by atoms with van der Waals surface area (Å²) in [6, 6.07) is 10.5. The van der Waals surface area contributed by atoms with Crippen molar-refractivity contribution in [1.29, 1.82) is 0 Å². The van der Waals surface area contributed by atoms with Crippen LogP contribution in [0.15, 0.2) is 42.6 Å². The molecular weight excluding hydrogens is 398 g/mol. The number of fused-ring (bicyclic) bond motifs is 1. The number of hydrogen-bond donors (Lipinski definition) is 2. The highest BCUT2D eigenvalue weighted by Gasteiger charge is 2.23. The van der Waals surface area contributed by atoms with Crippen molar-refractivity contribution in [2.75, 3.05) is 19.5 Å². The summed E-state index contributed by atoms with van der Waals surface area (Å²) in [5.41, 5.74) is 2.48. The molecule has 0 bridgehead atoms. The number of benzene rings is 2. The minimum atomic E-state index is -0.510. The largest absolute Gasteiger partial charge is 0.496 e. The third kappa shape index (κ3) is 4.53. The summed E-state index contributed by atoms with van der Waals surface area (Å²) in [5.74, 6) is 0.988. The number of rotatable bonds is 6. The molecule has 0 saturated heterocycles. The second-order valence-electron chi connectivity index (χ2n) is 7.32. The van der Waals surface area contributed by atoms with Crippen molar-refractivity contribution < 1.29 is 23.8 Å². The quantitative estimate of drug-likeness (QED) is 0.572. The lowest BCUT2D eigenvalue weighted by molar-refractivity contribution is 0.0597. The lowest BCUT2D eigenvalue weighted by Gasteiger charge is -2.14. The monoisotopic (exact) mass is 421 g/mol. The molecule has 8 nitrogen and oxygen atoms in total. The average molecular weight is 421 g/mol. The molecule has 4 rings (SSSR count). The molecule has 2 amide bonds. The van der Waals surface area contributed by atoms with Crippen LogP contribution in [0.3, 0.4) is 0 Å². The fourth-order valence-electron chi connectivity index (χ4n) is 3.21. The minimum Gasteiger partial charge on any atom is -0.496 e. The summed E-state index contributed by atoms with van der Waals surface area (Å²) in [4.78, 5) is 28.5. The fourth-order valence-corrected chi connectivity index (χ4v) is 3.21. The van der Waals surface area contributed by atoms with Crippen LogP contribution in [0.5, 0.6) is 17.2 Å². The topological polar surface area (TPSA) is 98.8 Å². The number of nitrogens with zero attached hydrogens (tertiary/aromatic N) is 1. The number of nitrogens with one attached hydrogen (secondary N) is 2. The highest BCUT2D eigenvalue weighted by molar-refractivity contribution is 5.99. The molecule has 1 heterocycles. The number of carbonyl (C=O) groups excluding carboxylic acids is 2. The standard InChI is InChI=1S/C23H23N3O5/c1-13-10-15(6-7-18(13)26-23(28)25-14-4-5-14)31-20-8-9-24-19-12-21(29-2)17(11-16(19)20)22(27)30-3/h6-12,14H,4-5H2,1-3H3,(H2,25,26,28). The summed E-state index contributed by atoms with van der Waals surface area (Å²) in [7, 11) is 2.80. The van der Waals surface area contributed by atoms with Gasteiger partial charge in [-0.25, -0.2) is 9.59 Å². The van der Waals surface area contributed by atoms with Gasteiger partial charge < -0.3 is 24.8 Å². The van der Waals surface area contributed by atoms with Gasteiger partial charge in [-0.2, -0.15) is 0 Å². The summed E-state index contributed by atoms with van der Waals surface area (Å²) in [5, 5.41) is 6.40. The Morgan fingerprint density at radius 3 is 2.55 bits per heavy atom. The Bertz CT molecular complexity index is 1160. The lowest BCUT2D eigenvalue weighted by Crippen LogP contribution is -2.30. The number of aryl methyl sites for hydroxylation is 1. The fraction of sp³-hybridized carbons (Fsp3) is 0.261. The lowest BCUT2D eigenvalue weighted by atomic mass is 10.1. The molecule has 2 aromatic carbocycles. The van der Waals surface area contributed by atoms with Gasteiger partial charge in [0.25, 0.3) is 0 Å². The van der Waals surface area contributed by atoms with E-state index in [9.17, 15) is 9.59 Å². The Morgan fingerprint density at radius 2 is 1.87 bits per heavy atom. The van der Waals surface area contributed by atoms with E-state index in [4.69, 9.17) is 14.2 Å². The number of urea groups is 1. The van der Waals surface area contributed by atoms with E-state index >= 15 is 0 Å². The van der Waals surface area contributed by atoms with Gasteiger partial charge in [0.05, 0.1) is 19.7 Å². The molecule has 0 aliphatic heterocycles. The number of hydrogen-bond acceptors (Lipinski definition) is 6. The van der Waals surface area contributed by atoms with Crippen LogP contribution < -0.4 is 20.1 Å². The number of aromatic nitrogens is 1. The normalized spacial score (nSPS) is 12.9. The first-order valence-corrected chi connectivity index (χ1v) is 9.89. The zero-order chi connectivity index (χ0) is 22.0. The Labute approximate surface area is 179 Å². The Balaban J connectivity index is 1.61. The van der Waals surface area contributed by atoms with Gasteiger partial charge in [0.1, 0.15) is 22.8 Å². The molecule has 0 atom stereocenters. The van der Waals surface area contributed by atoms with Crippen LogP contribution in [0.2, 0.25) is 0 Å². The first kappa shape index (κ1) is 20.5. The third-order valence-corrected chi connectivity index (χ3v) is 5.01. The van der Waals surface area contributed by atoms with Gasteiger partial charge in [0, 0.05) is 29.4 Å². The first-order chi connectivity index (χ1) is 15.0. The Hall–Kier alpha value is -3.81. The maximum atomic E-state index is 12.1. The average Bonchev–Trinajstić information content (AvgIpc) is 3.58. The molecular formula is C23H23N3O5. The molecule has 1 saturated carbocycles. The minimum absolute atomic E-state index is 0.205. The third-order valence-electron chi connectivity index (χ3n) is 5.01. The maximum Gasteiger partial charge on any atom is 0.341 e. The van der Waals surface area contributed by atoms with Crippen molar-refractivity contribution in [2.45, 2.75) is 25.8 Å². The van der Waals surface area contributed by atoms with Gasteiger partial charge in [-0.05, 0) is 55.7 Å². The molecule has 1 aliphatic rings. The molecule has 2 N–H and O–H groups in total. The Kier molecular flexibility index (Phi) is 5.62. The van der Waals surface area contributed by atoms with Crippen molar-refractivity contribution >= 4 is 28.6 Å². The number of pyridine rings is 1. The molecule has 1 aromatic heterocycles. The highest BCUT2D eigenvalue weighted by Crippen LogP contribution is 2.34. The second-order valence-corrected chi connectivity index (χ2v) is 7.32. The molecule has 0 radical (unpaired) electrons. The number of carbonyl (C=O) groups is 2. The number of ether oxygens (including phenoxy) is 3. The van der Waals surface area contributed by atoms with Gasteiger partial charge in [-0.3, -0.25) is 4.98 Å². The molecule has 31 heavy (non-hydrogen) atoms. The van der Waals surface area contributed by atoms with Gasteiger partial charge in [0.2, 0.25) is 0 Å². The van der Waals surface area contributed by atoms with Crippen LogP contribution in [0.1, 0.15) is 28.8 Å². The SMILES string of the molecule is COC(=O)c1cc2c(Oc3ccc(NC(=O)NC4CC4)c(C)c3)ccnc2cc1OC. The van der Waals surface area contributed by atoms with Crippen LogP contribution >= 0.6 is 0 Å². The Morgan fingerprint density at radius 1 is 1.06 bits per heavy atom. The van der Waals surface area contributed by atoms with E-state index in [1.807, 2.05) is 13.0 Å². The summed E-state index contributed by atoms with van der Waals surface area (Å²) < 4.78 is 16.2. The van der Waals surface area contributed by atoms with E-state index in [1.165, 1.54) is 14.2 Å². The molecule has 1 aliphatic carbocycles. The summed E-state index contributed by atoms with van der Waals surface area (Å²) in [6.45, 7) is 1.89. The zero-order valence-electron chi connectivity index (χ0n) is 17.5. The van der Waals surface area contributed by atoms with Gasteiger partial charge in [0.15, 0.2) is 0 Å². The molecule has 8 heteroatoms. The van der Waals surface area contributed by atoms with E-state index in [1.54, 1.807) is 36.5 Å². The smallest absolute Gasteiger partial charge is 0.341 e. The van der Waals surface area contributed by atoms with E-state index in [2.05, 4.69) is 15.6 Å². The van der Waals surface area contributed by atoms with Gasteiger partial charge in [-0.15, -0.1) is 0 Å². The summed E-state index contributed by atoms with van der Waals surface area (Å²) in [6.07, 6.45) is 3.69. The maximum absolute atomic E-state index is 12.1. The van der Waals surface area contributed by atoms with Crippen molar-refractivity contribution in [3.05, 3.63) is 53.7 Å². The molecule has 160 valence electrons. The van der Waals surface area contributed by atoms with Gasteiger partial charge >= 0.3 is 12.0 Å². The van der Waals surface area contributed by atoms with Crippen LogP contribution in [0, 0.1) is 6.92 Å². The van der Waals surface area contributed by atoms with E-state index in [0.717, 1.165) is 18.4 Å². The summed E-state index contributed by atoms with van der Waals surface area (Å²) >= 11 is 0. The first-order valence-electron chi connectivity index (χ1n) is 9.89. The van der Waals surface area contributed by atoms with E-state index in [-0.39, 0.29) is 17.6 Å². The van der Waals surface area contributed by atoms with Crippen LogP contribution in [0.25, 0.3) is 10.9 Å². The van der Waals surface area contributed by atoms with Crippen molar-refractivity contribution in [2.24, 2.45) is 0 Å². The van der Waals surface area contributed by atoms with Crippen molar-refractivity contribution in [3.63, 3.8) is 0 Å². The van der Waals surface area contributed by atoms with Crippen LogP contribution in [-0.4, -0.2) is 37.2 Å². The predicted molar refractivity (Wildman–Crippen MR) is 116 cm³/mol. The number of esters is 1. The number of methoxy groups -OCH3 is 2. The van der Waals surface area contributed by atoms with E-state index in [0.29, 0.717) is 33.8 Å². The second kappa shape index (κ2) is 8.51. The highest BCUT2D eigenvalue weighted by atomic mass is 16.5. The number of anilines is 1. The molecule has 0 unspecified atom stereocenters. The van der Waals surface area contributed by atoms with Crippen LogP contribution in [0.4, 0.5) is 10.5 Å². The van der Waals surface area contributed by atoms with Crippen molar-refractivity contribution in [3.8, 4) is 17.2 Å². The predicted octanol–water partition coefficient (Wildman–Crippen LogP) is 4.41. The van der Waals surface area contributed by atoms with Gasteiger partial charge in [-0.1, -0.05) is 0 Å². The molecule has 1 fully saturated rings. The number of amides is 2. The van der Waals surface area contributed by atoms with Crippen LogP contribution in [-0.2, 0) is 4.74 Å². The zero-order valence-corrected chi connectivity index (χ0v) is 17.5. The molecule has 0 spiro atoms. The van der Waals surface area contributed by atoms with Crippen molar-refractivity contribution in [1.82, 2.24) is 10.3 Å². The molecule has 3 aromatic rings.